The van der Waals surface area contributed by atoms with E-state index in [-0.39, 0.29) is 18.1 Å². The number of aryl methyl sites for hydroxylation is 3. The lowest BCUT2D eigenvalue weighted by atomic mass is 10.0. The molecule has 1 N–H and O–H groups in total. The van der Waals surface area contributed by atoms with Crippen LogP contribution in [-0.2, 0) is 11.2 Å². The van der Waals surface area contributed by atoms with Crippen LogP contribution in [0.4, 0.5) is 10.1 Å². The number of halogens is 1. The van der Waals surface area contributed by atoms with Crippen molar-refractivity contribution in [2.45, 2.75) is 33.6 Å². The molecule has 7 heteroatoms. The molecule has 32 heavy (non-hydrogen) atoms. The van der Waals surface area contributed by atoms with Crippen LogP contribution < -0.4 is 10.1 Å². The largest absolute Gasteiger partial charge is 0.481 e. The third-order valence-electron chi connectivity index (χ3n) is 5.53. The van der Waals surface area contributed by atoms with Gasteiger partial charge < -0.3 is 10.1 Å². The maximum absolute atomic E-state index is 13.1. The molecule has 0 aliphatic heterocycles. The Balaban J connectivity index is 1.64. The van der Waals surface area contributed by atoms with Crippen LogP contribution in [0.15, 0.2) is 48.5 Å². The van der Waals surface area contributed by atoms with Crippen molar-refractivity contribution in [3.05, 3.63) is 76.7 Å². The van der Waals surface area contributed by atoms with Gasteiger partial charge in [0, 0.05) is 23.1 Å². The van der Waals surface area contributed by atoms with Gasteiger partial charge in [0.05, 0.1) is 18.5 Å². The highest BCUT2D eigenvalue weighted by Gasteiger charge is 2.20. The third-order valence-corrected chi connectivity index (χ3v) is 5.53. The van der Waals surface area contributed by atoms with E-state index in [0.717, 1.165) is 33.5 Å². The number of nitrogens with zero attached hydrogens (tertiary/aromatic N) is 3. The average molecular weight is 432 g/mol. The van der Waals surface area contributed by atoms with E-state index in [9.17, 15) is 9.18 Å². The summed E-state index contributed by atoms with van der Waals surface area (Å²) in [6.07, 6.45) is 0.701. The Kier molecular flexibility index (Phi) is 5.90. The minimum atomic E-state index is -0.343. The van der Waals surface area contributed by atoms with Crippen LogP contribution in [0.25, 0.3) is 16.7 Å². The van der Waals surface area contributed by atoms with Gasteiger partial charge in [-0.05, 0) is 69.2 Å². The number of fused-ring (bicyclic) bond motifs is 1. The van der Waals surface area contributed by atoms with Crippen LogP contribution in [0.3, 0.4) is 0 Å². The van der Waals surface area contributed by atoms with Gasteiger partial charge in [-0.2, -0.15) is 10.1 Å². The van der Waals surface area contributed by atoms with Crippen LogP contribution in [-0.4, -0.2) is 27.8 Å². The zero-order chi connectivity index (χ0) is 22.8. The molecule has 0 aliphatic rings. The first-order valence-electron chi connectivity index (χ1n) is 10.4. The maximum Gasteiger partial charge on any atom is 0.224 e. The molecule has 0 bridgehead atoms. The fourth-order valence-electron chi connectivity index (χ4n) is 3.86. The van der Waals surface area contributed by atoms with E-state index in [2.05, 4.69) is 5.32 Å². The highest BCUT2D eigenvalue weighted by atomic mass is 19.1. The molecule has 0 fully saturated rings. The van der Waals surface area contributed by atoms with Crippen molar-refractivity contribution in [2.24, 2.45) is 0 Å². The summed E-state index contributed by atoms with van der Waals surface area (Å²) in [4.78, 5) is 17.2. The van der Waals surface area contributed by atoms with Crippen molar-refractivity contribution < 1.29 is 13.9 Å². The van der Waals surface area contributed by atoms with E-state index in [4.69, 9.17) is 14.8 Å². The number of aromatic nitrogens is 3. The van der Waals surface area contributed by atoms with Crippen molar-refractivity contribution in [3.8, 4) is 11.6 Å². The first-order valence-corrected chi connectivity index (χ1v) is 10.4. The van der Waals surface area contributed by atoms with E-state index in [0.29, 0.717) is 18.0 Å². The van der Waals surface area contributed by atoms with Crippen LogP contribution in [0.1, 0.15) is 28.8 Å². The van der Waals surface area contributed by atoms with Gasteiger partial charge in [-0.1, -0.05) is 17.7 Å². The minimum Gasteiger partial charge on any atom is -0.481 e. The number of methoxy groups -OCH3 is 1. The monoisotopic (exact) mass is 432 g/mol. The molecule has 0 atom stereocenters. The van der Waals surface area contributed by atoms with Gasteiger partial charge >= 0.3 is 0 Å². The van der Waals surface area contributed by atoms with Crippen molar-refractivity contribution in [2.75, 3.05) is 12.4 Å². The summed E-state index contributed by atoms with van der Waals surface area (Å²) in [5.74, 6) is -0.0210. The Hall–Kier alpha value is -3.74. The van der Waals surface area contributed by atoms with E-state index < -0.39 is 0 Å². The lowest BCUT2D eigenvalue weighted by Crippen LogP contribution is -2.13. The lowest BCUT2D eigenvalue weighted by molar-refractivity contribution is -0.116. The number of hydrogen-bond acceptors (Lipinski definition) is 4. The Labute approximate surface area is 186 Å². The SMILES string of the molecule is COc1nc2c(c(C)nn2-c2ccc(C)cc2)c(C)c1CCC(=O)Nc1ccc(F)cc1. The van der Waals surface area contributed by atoms with Crippen molar-refractivity contribution in [1.82, 2.24) is 14.8 Å². The maximum atomic E-state index is 13.1. The average Bonchev–Trinajstić information content (AvgIpc) is 3.11. The molecule has 6 nitrogen and oxygen atoms in total. The van der Waals surface area contributed by atoms with Crippen LogP contribution in [0, 0.1) is 26.6 Å². The van der Waals surface area contributed by atoms with Gasteiger partial charge in [0.15, 0.2) is 5.65 Å². The number of anilines is 1. The summed E-state index contributed by atoms with van der Waals surface area (Å²) >= 11 is 0. The fourth-order valence-corrected chi connectivity index (χ4v) is 3.86. The second kappa shape index (κ2) is 8.78. The molecular formula is C25H25FN4O2. The van der Waals surface area contributed by atoms with E-state index in [1.807, 2.05) is 49.7 Å². The van der Waals surface area contributed by atoms with Crippen molar-refractivity contribution in [3.63, 3.8) is 0 Å². The predicted octanol–water partition coefficient (Wildman–Crippen LogP) is 5.06. The summed E-state index contributed by atoms with van der Waals surface area (Å²) in [5.41, 5.74) is 6.12. The van der Waals surface area contributed by atoms with Crippen LogP contribution in [0.5, 0.6) is 5.88 Å². The summed E-state index contributed by atoms with van der Waals surface area (Å²) in [6, 6.07) is 13.8. The van der Waals surface area contributed by atoms with Crippen LogP contribution >= 0.6 is 0 Å². The van der Waals surface area contributed by atoms with Gasteiger partial charge in [-0.25, -0.2) is 9.07 Å². The summed E-state index contributed by atoms with van der Waals surface area (Å²) in [6.45, 7) is 6.01. The smallest absolute Gasteiger partial charge is 0.224 e. The summed E-state index contributed by atoms with van der Waals surface area (Å²) in [5, 5.41) is 8.46. The number of rotatable bonds is 6. The summed E-state index contributed by atoms with van der Waals surface area (Å²) in [7, 11) is 1.58. The second-order valence-electron chi connectivity index (χ2n) is 7.81. The fraction of sp³-hybridized carbons (Fsp3) is 0.240. The lowest BCUT2D eigenvalue weighted by Gasteiger charge is -2.13. The Morgan fingerprint density at radius 1 is 1.06 bits per heavy atom. The number of amides is 1. The quantitative estimate of drug-likeness (QED) is 0.462. The molecule has 0 saturated heterocycles. The van der Waals surface area contributed by atoms with Crippen molar-refractivity contribution in [1.29, 1.82) is 0 Å². The molecule has 4 rings (SSSR count). The van der Waals surface area contributed by atoms with E-state index in [1.54, 1.807) is 7.11 Å². The molecule has 0 radical (unpaired) electrons. The highest BCUT2D eigenvalue weighted by molar-refractivity contribution is 5.91. The normalized spacial score (nSPS) is 11.0. The molecule has 2 aromatic carbocycles. The summed E-state index contributed by atoms with van der Waals surface area (Å²) < 4.78 is 20.5. The molecule has 2 aromatic heterocycles. The number of carbonyl (C=O) groups is 1. The first kappa shape index (κ1) is 21.5. The number of carbonyl (C=O) groups excluding carboxylic acids is 1. The molecule has 164 valence electrons. The van der Waals surface area contributed by atoms with Gasteiger partial charge in [-0.15, -0.1) is 0 Å². The number of nitrogens with one attached hydrogen (secondary N) is 1. The minimum absolute atomic E-state index is 0.162. The topological polar surface area (TPSA) is 69.0 Å². The van der Waals surface area contributed by atoms with Gasteiger partial charge in [0.25, 0.3) is 0 Å². The number of pyridine rings is 1. The van der Waals surface area contributed by atoms with Gasteiger partial charge in [0.2, 0.25) is 11.8 Å². The van der Waals surface area contributed by atoms with E-state index >= 15 is 0 Å². The molecular weight excluding hydrogens is 407 g/mol. The highest BCUT2D eigenvalue weighted by Crippen LogP contribution is 2.32. The van der Waals surface area contributed by atoms with Crippen molar-refractivity contribution >= 4 is 22.6 Å². The number of benzene rings is 2. The first-order chi connectivity index (χ1) is 15.4. The zero-order valence-corrected chi connectivity index (χ0v) is 18.6. The molecule has 0 saturated carbocycles. The zero-order valence-electron chi connectivity index (χ0n) is 18.6. The molecule has 4 aromatic rings. The Morgan fingerprint density at radius 3 is 2.41 bits per heavy atom. The van der Waals surface area contributed by atoms with Gasteiger partial charge in [-0.3, -0.25) is 4.79 Å². The second-order valence-corrected chi connectivity index (χ2v) is 7.81. The number of hydrogen-bond donors (Lipinski definition) is 1. The van der Waals surface area contributed by atoms with E-state index in [1.165, 1.54) is 29.8 Å². The third kappa shape index (κ3) is 4.19. The predicted molar refractivity (Wildman–Crippen MR) is 123 cm³/mol. The Morgan fingerprint density at radius 2 is 1.75 bits per heavy atom. The van der Waals surface area contributed by atoms with Gasteiger partial charge in [0.1, 0.15) is 5.82 Å². The standard InChI is InChI=1S/C25H25FN4O2/c1-15-5-11-20(12-6-15)30-24-23(17(3)29-30)16(2)21(25(28-24)32-4)13-14-22(31)27-19-9-7-18(26)8-10-19/h5-12H,13-14H2,1-4H3,(H,27,31). The molecule has 1 amide bonds. The van der Waals surface area contributed by atoms with Crippen LogP contribution in [0.2, 0.25) is 0 Å². The molecule has 0 unspecified atom stereocenters. The molecule has 2 heterocycles. The Bertz CT molecular complexity index is 1280. The molecule has 0 spiro atoms. The number of ether oxygens (including phenoxy) is 1. The molecule has 0 aliphatic carbocycles.